The lowest BCUT2D eigenvalue weighted by Crippen LogP contribution is -2.15. The Hall–Kier alpha value is -2.53. The third-order valence-corrected chi connectivity index (χ3v) is 3.12. The summed E-state index contributed by atoms with van der Waals surface area (Å²) in [6, 6.07) is 10.8. The van der Waals surface area contributed by atoms with E-state index in [-0.39, 0.29) is 17.0 Å². The molecule has 0 aliphatic carbocycles. The van der Waals surface area contributed by atoms with E-state index in [9.17, 15) is 4.79 Å². The zero-order valence-corrected chi connectivity index (χ0v) is 11.9. The fraction of sp³-hybridized carbons (Fsp3) is 0.0667. The second-order valence-electron chi connectivity index (χ2n) is 4.49. The first kappa shape index (κ1) is 13.5. The number of hydrogen-bond acceptors (Lipinski definition) is 4. The Bertz CT molecular complexity index is 809. The third kappa shape index (κ3) is 2.83. The average molecular weight is 299 g/mol. The van der Waals surface area contributed by atoms with Crippen molar-refractivity contribution < 1.29 is 4.79 Å². The number of benzene rings is 1. The number of rotatable bonds is 2. The molecule has 3 aromatic rings. The van der Waals surface area contributed by atoms with Crippen LogP contribution in [0.4, 0.5) is 5.95 Å². The summed E-state index contributed by atoms with van der Waals surface area (Å²) in [5.41, 5.74) is 1.78. The second kappa shape index (κ2) is 5.46. The van der Waals surface area contributed by atoms with Crippen LogP contribution in [0.3, 0.4) is 0 Å². The zero-order chi connectivity index (χ0) is 14.8. The van der Waals surface area contributed by atoms with Gasteiger partial charge in [-0.05, 0) is 25.1 Å². The van der Waals surface area contributed by atoms with E-state index in [1.54, 1.807) is 25.3 Å². The molecule has 0 aliphatic rings. The molecule has 0 atom stereocenters. The van der Waals surface area contributed by atoms with Gasteiger partial charge >= 0.3 is 0 Å². The predicted molar refractivity (Wildman–Crippen MR) is 81.5 cm³/mol. The van der Waals surface area contributed by atoms with Crippen molar-refractivity contribution in [3.8, 4) is 0 Å². The van der Waals surface area contributed by atoms with E-state index < -0.39 is 0 Å². The van der Waals surface area contributed by atoms with Crippen molar-refractivity contribution in [1.82, 2.24) is 15.0 Å². The smallest absolute Gasteiger partial charge is 0.260 e. The molecule has 1 aromatic carbocycles. The second-order valence-corrected chi connectivity index (χ2v) is 4.88. The van der Waals surface area contributed by atoms with Crippen molar-refractivity contribution in [2.24, 2.45) is 0 Å². The lowest BCUT2D eigenvalue weighted by molar-refractivity contribution is 0.102. The van der Waals surface area contributed by atoms with E-state index in [1.165, 1.54) is 0 Å². The summed E-state index contributed by atoms with van der Waals surface area (Å²) in [5.74, 6) is -0.140. The molecule has 0 bridgehead atoms. The molecule has 5 nitrogen and oxygen atoms in total. The van der Waals surface area contributed by atoms with Crippen molar-refractivity contribution >= 4 is 34.4 Å². The number of aromatic nitrogens is 3. The van der Waals surface area contributed by atoms with Crippen LogP contribution in [0.15, 0.2) is 42.6 Å². The van der Waals surface area contributed by atoms with Gasteiger partial charge in [-0.2, -0.15) is 0 Å². The summed E-state index contributed by atoms with van der Waals surface area (Å²) in [6.07, 6.45) is 1.65. The highest BCUT2D eigenvalue weighted by Crippen LogP contribution is 2.17. The molecule has 0 saturated heterocycles. The fourth-order valence-electron chi connectivity index (χ4n) is 2.04. The number of fused-ring (bicyclic) bond motifs is 1. The summed E-state index contributed by atoms with van der Waals surface area (Å²) in [7, 11) is 0. The van der Waals surface area contributed by atoms with Gasteiger partial charge in [0.05, 0.1) is 11.1 Å². The minimum atomic E-state index is -0.319. The molecule has 0 fully saturated rings. The molecule has 2 aromatic heterocycles. The summed E-state index contributed by atoms with van der Waals surface area (Å²) >= 11 is 5.86. The van der Waals surface area contributed by atoms with Gasteiger partial charge in [0, 0.05) is 17.3 Å². The molecule has 0 radical (unpaired) electrons. The third-order valence-electron chi connectivity index (χ3n) is 2.93. The molecule has 1 amide bonds. The normalized spacial score (nSPS) is 10.6. The Kier molecular flexibility index (Phi) is 3.50. The molecule has 0 spiro atoms. The van der Waals surface area contributed by atoms with Crippen molar-refractivity contribution in [3.63, 3.8) is 0 Å². The number of nitrogens with zero attached hydrogens (tertiary/aromatic N) is 3. The number of nitrogens with one attached hydrogen (secondary N) is 1. The quantitative estimate of drug-likeness (QED) is 0.738. The van der Waals surface area contributed by atoms with Gasteiger partial charge in [-0.15, -0.1) is 0 Å². The number of para-hydroxylation sites is 1. The van der Waals surface area contributed by atoms with Gasteiger partial charge in [-0.25, -0.2) is 9.97 Å². The number of anilines is 1. The van der Waals surface area contributed by atoms with E-state index in [1.807, 2.05) is 24.3 Å². The molecule has 0 saturated carbocycles. The van der Waals surface area contributed by atoms with Crippen LogP contribution in [0, 0.1) is 6.92 Å². The number of aryl methyl sites for hydroxylation is 1. The molecule has 0 aliphatic heterocycles. The Morgan fingerprint density at radius 3 is 2.81 bits per heavy atom. The van der Waals surface area contributed by atoms with Gasteiger partial charge in [0.2, 0.25) is 5.95 Å². The number of hydrogen-bond donors (Lipinski definition) is 1. The van der Waals surface area contributed by atoms with Gasteiger partial charge in [0.1, 0.15) is 5.15 Å². The SMILES string of the molecule is Cc1cc(Cl)nc(NC(=O)c2cccc3cccnc23)n1. The Morgan fingerprint density at radius 1 is 1.19 bits per heavy atom. The average Bonchev–Trinajstić information content (AvgIpc) is 2.45. The maximum atomic E-state index is 12.4. The number of pyridine rings is 1. The van der Waals surface area contributed by atoms with Gasteiger partial charge < -0.3 is 0 Å². The molecule has 1 N–H and O–H groups in total. The van der Waals surface area contributed by atoms with Gasteiger partial charge in [0.15, 0.2) is 0 Å². The van der Waals surface area contributed by atoms with Gasteiger partial charge in [-0.3, -0.25) is 15.1 Å². The van der Waals surface area contributed by atoms with Crippen LogP contribution in [0.5, 0.6) is 0 Å². The van der Waals surface area contributed by atoms with Crippen molar-refractivity contribution in [2.45, 2.75) is 6.92 Å². The van der Waals surface area contributed by atoms with Crippen molar-refractivity contribution in [1.29, 1.82) is 0 Å². The van der Waals surface area contributed by atoms with Crippen LogP contribution in [0.25, 0.3) is 10.9 Å². The summed E-state index contributed by atoms with van der Waals surface area (Å²) < 4.78 is 0. The summed E-state index contributed by atoms with van der Waals surface area (Å²) in [6.45, 7) is 1.78. The molecule has 0 unspecified atom stereocenters. The maximum Gasteiger partial charge on any atom is 0.260 e. The van der Waals surface area contributed by atoms with E-state index in [0.29, 0.717) is 16.8 Å². The highest BCUT2D eigenvalue weighted by Gasteiger charge is 2.12. The first-order valence-electron chi connectivity index (χ1n) is 6.30. The molecular formula is C15H11ClN4O. The van der Waals surface area contributed by atoms with Crippen molar-refractivity contribution in [3.05, 3.63) is 59.0 Å². The van der Waals surface area contributed by atoms with Gasteiger partial charge in [-0.1, -0.05) is 29.8 Å². The standard InChI is InChI=1S/C15H11ClN4O/c1-9-8-12(16)19-15(18-9)20-14(21)11-6-2-4-10-5-3-7-17-13(10)11/h2-8H,1H3,(H,18,19,20,21). The number of halogens is 1. The first-order chi connectivity index (χ1) is 10.1. The molecule has 6 heteroatoms. The summed E-state index contributed by atoms with van der Waals surface area (Å²) in [5, 5.41) is 3.83. The Labute approximate surface area is 126 Å². The minimum absolute atomic E-state index is 0.179. The molecular weight excluding hydrogens is 288 g/mol. The Morgan fingerprint density at radius 2 is 2.00 bits per heavy atom. The minimum Gasteiger partial charge on any atom is -0.290 e. The molecule has 2 heterocycles. The highest BCUT2D eigenvalue weighted by atomic mass is 35.5. The van der Waals surface area contributed by atoms with Crippen molar-refractivity contribution in [2.75, 3.05) is 5.32 Å². The van der Waals surface area contributed by atoms with Gasteiger partial charge in [0.25, 0.3) is 5.91 Å². The van der Waals surface area contributed by atoms with E-state index >= 15 is 0 Å². The monoisotopic (exact) mass is 298 g/mol. The van der Waals surface area contributed by atoms with E-state index in [4.69, 9.17) is 11.6 Å². The van der Waals surface area contributed by atoms with Crippen LogP contribution >= 0.6 is 11.6 Å². The largest absolute Gasteiger partial charge is 0.290 e. The number of carbonyl (C=O) groups excluding carboxylic acids is 1. The van der Waals surface area contributed by atoms with Crippen LogP contribution < -0.4 is 5.32 Å². The van der Waals surface area contributed by atoms with Crippen LogP contribution in [0.1, 0.15) is 16.1 Å². The van der Waals surface area contributed by atoms with Crippen LogP contribution in [-0.4, -0.2) is 20.9 Å². The van der Waals surface area contributed by atoms with Crippen LogP contribution in [-0.2, 0) is 0 Å². The van der Waals surface area contributed by atoms with Crippen LogP contribution in [0.2, 0.25) is 5.15 Å². The maximum absolute atomic E-state index is 12.4. The molecule has 104 valence electrons. The highest BCUT2D eigenvalue weighted by molar-refractivity contribution is 6.29. The number of carbonyl (C=O) groups is 1. The molecule has 21 heavy (non-hydrogen) atoms. The first-order valence-corrected chi connectivity index (χ1v) is 6.67. The summed E-state index contributed by atoms with van der Waals surface area (Å²) in [4.78, 5) is 24.7. The molecule has 3 rings (SSSR count). The predicted octanol–water partition coefficient (Wildman–Crippen LogP) is 3.24. The lowest BCUT2D eigenvalue weighted by atomic mass is 10.1. The number of amides is 1. The Balaban J connectivity index is 1.97. The van der Waals surface area contributed by atoms with E-state index in [0.717, 1.165) is 5.39 Å². The fourth-order valence-corrected chi connectivity index (χ4v) is 2.28. The lowest BCUT2D eigenvalue weighted by Gasteiger charge is -2.07. The van der Waals surface area contributed by atoms with E-state index in [2.05, 4.69) is 20.3 Å². The topological polar surface area (TPSA) is 67.8 Å². The zero-order valence-electron chi connectivity index (χ0n) is 11.2.